The van der Waals surface area contributed by atoms with Gasteiger partial charge in [0.05, 0.1) is 10.6 Å². The Balaban J connectivity index is 2.28. The molecule has 0 aliphatic heterocycles. The third kappa shape index (κ3) is 2.56. The van der Waals surface area contributed by atoms with Crippen molar-refractivity contribution in [1.82, 2.24) is 4.98 Å². The van der Waals surface area contributed by atoms with Gasteiger partial charge in [0.1, 0.15) is 12.0 Å². The lowest BCUT2D eigenvalue weighted by molar-refractivity contribution is 0.475. The van der Waals surface area contributed by atoms with Crippen molar-refractivity contribution in [2.24, 2.45) is 0 Å². The monoisotopic (exact) mass is 254 g/mol. The smallest absolute Gasteiger partial charge is 0.309 e. The number of nitrogens with zero attached hydrogens (tertiary/aromatic N) is 1. The molecule has 2 N–H and O–H groups in total. The Labute approximate surface area is 98.0 Å². The normalized spacial score (nSPS) is 11.4. The fourth-order valence-electron chi connectivity index (χ4n) is 1.20. The van der Waals surface area contributed by atoms with Crippen molar-refractivity contribution in [2.45, 2.75) is 11.8 Å². The number of nitrogens with one attached hydrogen (secondary N) is 1. The second-order valence-corrected chi connectivity index (χ2v) is 5.08. The molecule has 0 aliphatic rings. The van der Waals surface area contributed by atoms with E-state index >= 15 is 0 Å². The molecule has 0 saturated heterocycles. The van der Waals surface area contributed by atoms with Gasteiger partial charge in [-0.25, -0.2) is 13.1 Å². The van der Waals surface area contributed by atoms with Crippen LogP contribution in [0.15, 0.2) is 39.8 Å². The van der Waals surface area contributed by atoms with E-state index in [0.717, 1.165) is 0 Å². The number of aromatic nitrogens is 1. The summed E-state index contributed by atoms with van der Waals surface area (Å²) in [6, 6.07) is 5.06. The zero-order chi connectivity index (χ0) is 12.5. The lowest BCUT2D eigenvalue weighted by atomic mass is 10.3. The third-order valence-corrected chi connectivity index (χ3v) is 3.32. The van der Waals surface area contributed by atoms with Crippen molar-refractivity contribution in [1.29, 1.82) is 0 Å². The van der Waals surface area contributed by atoms with Crippen molar-refractivity contribution < 1.29 is 17.9 Å². The lowest BCUT2D eigenvalue weighted by Crippen LogP contribution is -2.12. The lowest BCUT2D eigenvalue weighted by Gasteiger charge is -2.03. The number of aromatic hydroxyl groups is 1. The van der Waals surface area contributed by atoms with Gasteiger partial charge in [-0.2, -0.15) is 4.98 Å². The second kappa shape index (κ2) is 4.10. The van der Waals surface area contributed by atoms with Crippen LogP contribution in [0, 0.1) is 6.92 Å². The van der Waals surface area contributed by atoms with Crippen LogP contribution in [0.25, 0.3) is 0 Å². The van der Waals surface area contributed by atoms with E-state index in [1.165, 1.54) is 30.5 Å². The van der Waals surface area contributed by atoms with Gasteiger partial charge in [0.15, 0.2) is 0 Å². The molecule has 0 fully saturated rings. The summed E-state index contributed by atoms with van der Waals surface area (Å²) < 4.78 is 30.7. The van der Waals surface area contributed by atoms with Gasteiger partial charge >= 0.3 is 6.01 Å². The summed E-state index contributed by atoms with van der Waals surface area (Å²) in [5.74, 6) is -0.00378. The highest BCUT2D eigenvalue weighted by Crippen LogP contribution is 2.17. The first-order valence-electron chi connectivity index (χ1n) is 4.71. The standard InChI is InChI=1S/C10H10N2O4S/c1-7-6-16-10(11-7)12-17(14,15)9-4-2-8(13)3-5-9/h2-6,13H,1H3,(H,11,12). The fourth-order valence-corrected chi connectivity index (χ4v) is 2.14. The molecule has 0 bridgehead atoms. The maximum Gasteiger partial charge on any atom is 0.309 e. The summed E-state index contributed by atoms with van der Waals surface area (Å²) >= 11 is 0. The molecule has 0 radical (unpaired) electrons. The molecule has 2 aromatic rings. The number of hydrogen-bond acceptors (Lipinski definition) is 5. The Morgan fingerprint density at radius 2 is 1.94 bits per heavy atom. The molecular weight excluding hydrogens is 244 g/mol. The van der Waals surface area contributed by atoms with Crippen molar-refractivity contribution in [3.8, 4) is 5.75 Å². The quantitative estimate of drug-likeness (QED) is 0.865. The summed E-state index contributed by atoms with van der Waals surface area (Å²) in [5, 5.41) is 9.07. The van der Waals surface area contributed by atoms with Gasteiger partial charge in [-0.05, 0) is 31.2 Å². The highest BCUT2D eigenvalue weighted by atomic mass is 32.2. The SMILES string of the molecule is Cc1coc(NS(=O)(=O)c2ccc(O)cc2)n1. The number of sulfonamides is 1. The van der Waals surface area contributed by atoms with Crippen LogP contribution in [-0.2, 0) is 10.0 Å². The van der Waals surface area contributed by atoms with Gasteiger partial charge in [-0.15, -0.1) is 0 Å². The number of hydrogen-bond donors (Lipinski definition) is 2. The van der Waals surface area contributed by atoms with E-state index in [4.69, 9.17) is 9.52 Å². The van der Waals surface area contributed by atoms with E-state index in [1.807, 2.05) is 0 Å². The molecule has 0 unspecified atom stereocenters. The Hall–Kier alpha value is -2.02. The van der Waals surface area contributed by atoms with Crippen LogP contribution in [-0.4, -0.2) is 18.5 Å². The second-order valence-electron chi connectivity index (χ2n) is 3.39. The molecule has 0 atom stereocenters. The predicted molar refractivity (Wildman–Crippen MR) is 60.2 cm³/mol. The van der Waals surface area contributed by atoms with Crippen molar-refractivity contribution >= 4 is 16.0 Å². The van der Waals surface area contributed by atoms with Gasteiger partial charge in [-0.1, -0.05) is 0 Å². The van der Waals surface area contributed by atoms with E-state index in [0.29, 0.717) is 5.69 Å². The van der Waals surface area contributed by atoms with Crippen LogP contribution in [0.1, 0.15) is 5.69 Å². The van der Waals surface area contributed by atoms with Gasteiger partial charge in [0, 0.05) is 0 Å². The zero-order valence-electron chi connectivity index (χ0n) is 8.91. The van der Waals surface area contributed by atoms with Crippen LogP contribution >= 0.6 is 0 Å². The van der Waals surface area contributed by atoms with Gasteiger partial charge in [0.2, 0.25) is 0 Å². The summed E-state index contributed by atoms with van der Waals surface area (Å²) in [4.78, 5) is 3.85. The van der Waals surface area contributed by atoms with E-state index in [2.05, 4.69) is 9.71 Å². The topological polar surface area (TPSA) is 92.4 Å². The van der Waals surface area contributed by atoms with E-state index in [9.17, 15) is 8.42 Å². The first kappa shape index (κ1) is 11.5. The number of rotatable bonds is 3. The molecule has 1 aromatic heterocycles. The highest BCUT2D eigenvalue weighted by molar-refractivity contribution is 7.92. The molecular formula is C10H10N2O4S. The summed E-state index contributed by atoms with van der Waals surface area (Å²) in [6.45, 7) is 1.68. The number of anilines is 1. The molecule has 1 aromatic carbocycles. The van der Waals surface area contributed by atoms with Gasteiger partial charge < -0.3 is 9.52 Å². The van der Waals surface area contributed by atoms with E-state index < -0.39 is 10.0 Å². The minimum Gasteiger partial charge on any atom is -0.508 e. The Morgan fingerprint density at radius 1 is 1.29 bits per heavy atom. The minimum absolute atomic E-state index is 0.00378. The number of benzene rings is 1. The number of oxazole rings is 1. The molecule has 0 amide bonds. The minimum atomic E-state index is -3.73. The summed E-state index contributed by atoms with van der Waals surface area (Å²) in [7, 11) is -3.73. The molecule has 7 heteroatoms. The van der Waals surface area contributed by atoms with Crippen LogP contribution < -0.4 is 4.72 Å². The molecule has 6 nitrogen and oxygen atoms in total. The van der Waals surface area contributed by atoms with Crippen LogP contribution in [0.2, 0.25) is 0 Å². The van der Waals surface area contributed by atoms with Crippen LogP contribution in [0.4, 0.5) is 6.01 Å². The molecule has 0 saturated carbocycles. The molecule has 0 spiro atoms. The van der Waals surface area contributed by atoms with Crippen LogP contribution in [0.5, 0.6) is 5.75 Å². The number of phenolic OH excluding ortho intramolecular Hbond substituents is 1. The largest absolute Gasteiger partial charge is 0.508 e. The Bertz CT molecular complexity index is 616. The first-order valence-corrected chi connectivity index (χ1v) is 6.20. The maximum absolute atomic E-state index is 11.8. The highest BCUT2D eigenvalue weighted by Gasteiger charge is 2.16. The van der Waals surface area contributed by atoms with Crippen molar-refractivity contribution in [2.75, 3.05) is 4.72 Å². The average molecular weight is 254 g/mol. The summed E-state index contributed by atoms with van der Waals surface area (Å²) in [5.41, 5.74) is 0.577. The Morgan fingerprint density at radius 3 is 2.47 bits per heavy atom. The number of phenols is 1. The average Bonchev–Trinajstić information content (AvgIpc) is 2.63. The first-order chi connectivity index (χ1) is 7.97. The van der Waals surface area contributed by atoms with E-state index in [-0.39, 0.29) is 16.7 Å². The van der Waals surface area contributed by atoms with Crippen molar-refractivity contribution in [3.05, 3.63) is 36.2 Å². The maximum atomic E-state index is 11.8. The Kier molecular flexibility index (Phi) is 2.76. The fraction of sp³-hybridized carbons (Fsp3) is 0.100. The molecule has 0 aliphatic carbocycles. The van der Waals surface area contributed by atoms with Gasteiger partial charge in [-0.3, -0.25) is 0 Å². The van der Waals surface area contributed by atoms with Gasteiger partial charge in [0.25, 0.3) is 10.0 Å². The molecule has 17 heavy (non-hydrogen) atoms. The summed E-state index contributed by atoms with van der Waals surface area (Å²) in [6.07, 6.45) is 1.34. The zero-order valence-corrected chi connectivity index (χ0v) is 9.73. The predicted octanol–water partition coefficient (Wildman–Crippen LogP) is 1.49. The molecule has 2 rings (SSSR count). The van der Waals surface area contributed by atoms with E-state index in [1.54, 1.807) is 6.92 Å². The van der Waals surface area contributed by atoms with Crippen LogP contribution in [0.3, 0.4) is 0 Å². The molecule has 90 valence electrons. The van der Waals surface area contributed by atoms with Crippen molar-refractivity contribution in [3.63, 3.8) is 0 Å². The third-order valence-electron chi connectivity index (χ3n) is 1.99. The number of aryl methyl sites for hydroxylation is 1. The molecule has 1 heterocycles.